The minimum Gasteiger partial charge on any atom is -0.480 e. The lowest BCUT2D eigenvalue weighted by atomic mass is 10.2. The Bertz CT molecular complexity index is 436. The van der Waals surface area contributed by atoms with E-state index in [-0.39, 0.29) is 0 Å². The minimum absolute atomic E-state index is 0.386. The van der Waals surface area contributed by atoms with E-state index in [0.29, 0.717) is 30.3 Å². The SMILES string of the molecule is CC(C)Cn1ncnc1CSCCC(NC=O)C(=O)O. The van der Waals surface area contributed by atoms with Crippen molar-refractivity contribution in [2.45, 2.75) is 38.6 Å². The molecule has 0 aliphatic rings. The number of hydrogen-bond donors (Lipinski definition) is 2. The number of carbonyl (C=O) groups excluding carboxylic acids is 1. The number of nitrogens with zero attached hydrogens (tertiary/aromatic N) is 3. The van der Waals surface area contributed by atoms with Gasteiger partial charge in [0, 0.05) is 6.54 Å². The van der Waals surface area contributed by atoms with Gasteiger partial charge in [0.15, 0.2) is 0 Å². The molecule has 0 aromatic carbocycles. The second kappa shape index (κ2) is 8.57. The molecule has 0 spiro atoms. The molecule has 20 heavy (non-hydrogen) atoms. The molecule has 1 aromatic rings. The molecule has 112 valence electrons. The van der Waals surface area contributed by atoms with E-state index in [9.17, 15) is 9.59 Å². The number of carbonyl (C=O) groups is 2. The van der Waals surface area contributed by atoms with Crippen LogP contribution in [-0.4, -0.2) is 44.0 Å². The monoisotopic (exact) mass is 300 g/mol. The molecule has 0 aliphatic carbocycles. The molecule has 2 N–H and O–H groups in total. The third-order valence-electron chi connectivity index (χ3n) is 2.58. The van der Waals surface area contributed by atoms with Crippen LogP contribution >= 0.6 is 11.8 Å². The number of amides is 1. The summed E-state index contributed by atoms with van der Waals surface area (Å²) in [6.07, 6.45) is 2.34. The van der Waals surface area contributed by atoms with Crippen molar-refractivity contribution in [2.75, 3.05) is 5.75 Å². The first kappa shape index (κ1) is 16.5. The fourth-order valence-corrected chi connectivity index (χ4v) is 2.58. The van der Waals surface area contributed by atoms with E-state index in [2.05, 4.69) is 29.2 Å². The highest BCUT2D eigenvalue weighted by atomic mass is 32.2. The maximum absolute atomic E-state index is 10.8. The number of aromatic nitrogens is 3. The number of thioether (sulfide) groups is 1. The molecular formula is C12H20N4O3S. The van der Waals surface area contributed by atoms with E-state index in [1.807, 2.05) is 4.68 Å². The maximum Gasteiger partial charge on any atom is 0.326 e. The van der Waals surface area contributed by atoms with Gasteiger partial charge in [0.05, 0.1) is 5.75 Å². The van der Waals surface area contributed by atoms with Crippen LogP contribution in [-0.2, 0) is 21.9 Å². The summed E-state index contributed by atoms with van der Waals surface area (Å²) in [4.78, 5) is 25.3. The molecule has 0 saturated heterocycles. The largest absolute Gasteiger partial charge is 0.480 e. The van der Waals surface area contributed by atoms with Crippen molar-refractivity contribution in [3.8, 4) is 0 Å². The first-order valence-corrected chi connectivity index (χ1v) is 7.57. The Morgan fingerprint density at radius 3 is 2.95 bits per heavy atom. The first-order chi connectivity index (χ1) is 9.54. The van der Waals surface area contributed by atoms with Crippen LogP contribution in [0.1, 0.15) is 26.1 Å². The van der Waals surface area contributed by atoms with Gasteiger partial charge in [-0.05, 0) is 18.1 Å². The predicted molar refractivity (Wildman–Crippen MR) is 76.3 cm³/mol. The standard InChI is InChI=1S/C12H20N4O3S/c1-9(2)5-16-11(13-7-15-16)6-20-4-3-10(12(18)19)14-8-17/h7-10H,3-6H2,1-2H3,(H,14,17)(H,18,19). The lowest BCUT2D eigenvalue weighted by Crippen LogP contribution is -2.36. The number of carboxylic acid groups (broad SMARTS) is 1. The summed E-state index contributed by atoms with van der Waals surface area (Å²) < 4.78 is 1.87. The molecule has 8 heteroatoms. The van der Waals surface area contributed by atoms with Crippen LogP contribution in [0.2, 0.25) is 0 Å². The fraction of sp³-hybridized carbons (Fsp3) is 0.667. The molecule has 0 bridgehead atoms. The van der Waals surface area contributed by atoms with Gasteiger partial charge in [-0.1, -0.05) is 13.8 Å². The Balaban J connectivity index is 2.35. The zero-order chi connectivity index (χ0) is 15.0. The Labute approximate surface area is 122 Å². The molecule has 1 amide bonds. The first-order valence-electron chi connectivity index (χ1n) is 6.41. The summed E-state index contributed by atoms with van der Waals surface area (Å²) in [6, 6.07) is -0.825. The van der Waals surface area contributed by atoms with E-state index < -0.39 is 12.0 Å². The highest BCUT2D eigenvalue weighted by molar-refractivity contribution is 7.98. The van der Waals surface area contributed by atoms with Gasteiger partial charge in [-0.25, -0.2) is 14.5 Å². The van der Waals surface area contributed by atoms with Crippen LogP contribution in [0, 0.1) is 5.92 Å². The van der Waals surface area contributed by atoms with Crippen LogP contribution in [0.25, 0.3) is 0 Å². The molecule has 1 atom stereocenters. The average Bonchev–Trinajstić information content (AvgIpc) is 2.79. The van der Waals surface area contributed by atoms with Crippen molar-refractivity contribution < 1.29 is 14.7 Å². The van der Waals surface area contributed by atoms with Gasteiger partial charge in [-0.15, -0.1) is 0 Å². The van der Waals surface area contributed by atoms with Crippen molar-refractivity contribution in [1.82, 2.24) is 20.1 Å². The van der Waals surface area contributed by atoms with E-state index in [4.69, 9.17) is 5.11 Å². The summed E-state index contributed by atoms with van der Waals surface area (Å²) in [7, 11) is 0. The summed E-state index contributed by atoms with van der Waals surface area (Å²) >= 11 is 1.58. The molecule has 0 fully saturated rings. The van der Waals surface area contributed by atoms with Crippen molar-refractivity contribution >= 4 is 24.1 Å². The van der Waals surface area contributed by atoms with Crippen molar-refractivity contribution in [2.24, 2.45) is 5.92 Å². The predicted octanol–water partition coefficient (Wildman–Crippen LogP) is 0.757. The fourth-order valence-electron chi connectivity index (χ4n) is 1.62. The molecule has 0 aliphatic heterocycles. The summed E-state index contributed by atoms with van der Waals surface area (Å²) in [6.45, 7) is 5.04. The van der Waals surface area contributed by atoms with Gasteiger partial charge < -0.3 is 10.4 Å². The quantitative estimate of drug-likeness (QED) is 0.489. The van der Waals surface area contributed by atoms with Crippen LogP contribution < -0.4 is 5.32 Å². The van der Waals surface area contributed by atoms with Crippen LogP contribution in [0.3, 0.4) is 0 Å². The summed E-state index contributed by atoms with van der Waals surface area (Å²) in [5.74, 6) is 1.68. The molecule has 1 unspecified atom stereocenters. The normalized spacial score (nSPS) is 12.3. The van der Waals surface area contributed by atoms with Crippen LogP contribution in [0.4, 0.5) is 0 Å². The Hall–Kier alpha value is -1.57. The van der Waals surface area contributed by atoms with E-state index in [0.717, 1.165) is 12.4 Å². The second-order valence-corrected chi connectivity index (χ2v) is 5.87. The van der Waals surface area contributed by atoms with Gasteiger partial charge >= 0.3 is 5.97 Å². The number of rotatable bonds is 10. The second-order valence-electron chi connectivity index (χ2n) is 4.77. The molecule has 0 saturated carbocycles. The smallest absolute Gasteiger partial charge is 0.326 e. The summed E-state index contributed by atoms with van der Waals surface area (Å²) in [5.41, 5.74) is 0. The Morgan fingerprint density at radius 2 is 2.35 bits per heavy atom. The van der Waals surface area contributed by atoms with E-state index >= 15 is 0 Å². The van der Waals surface area contributed by atoms with Crippen molar-refractivity contribution in [3.63, 3.8) is 0 Å². The van der Waals surface area contributed by atoms with Crippen LogP contribution in [0.5, 0.6) is 0 Å². The average molecular weight is 300 g/mol. The van der Waals surface area contributed by atoms with E-state index in [1.165, 1.54) is 6.33 Å². The molecule has 0 radical (unpaired) electrons. The molecule has 7 nitrogen and oxygen atoms in total. The number of hydrogen-bond acceptors (Lipinski definition) is 5. The molecular weight excluding hydrogens is 280 g/mol. The lowest BCUT2D eigenvalue weighted by molar-refractivity contribution is -0.140. The minimum atomic E-state index is -1.01. The zero-order valence-corrected chi connectivity index (χ0v) is 12.5. The van der Waals surface area contributed by atoms with Gasteiger partial charge in [-0.2, -0.15) is 16.9 Å². The molecule has 1 rings (SSSR count). The topological polar surface area (TPSA) is 97.1 Å². The number of aliphatic carboxylic acids is 1. The van der Waals surface area contributed by atoms with Gasteiger partial charge in [0.2, 0.25) is 6.41 Å². The summed E-state index contributed by atoms with van der Waals surface area (Å²) in [5, 5.41) is 15.3. The highest BCUT2D eigenvalue weighted by Gasteiger charge is 2.15. The third kappa shape index (κ3) is 5.60. The third-order valence-corrected chi connectivity index (χ3v) is 3.57. The highest BCUT2D eigenvalue weighted by Crippen LogP contribution is 2.13. The van der Waals surface area contributed by atoms with Gasteiger partial charge in [-0.3, -0.25) is 4.79 Å². The lowest BCUT2D eigenvalue weighted by Gasteiger charge is -2.11. The maximum atomic E-state index is 10.8. The zero-order valence-electron chi connectivity index (χ0n) is 11.7. The number of nitrogens with one attached hydrogen (secondary N) is 1. The molecule has 1 heterocycles. The van der Waals surface area contributed by atoms with Crippen molar-refractivity contribution in [3.05, 3.63) is 12.2 Å². The van der Waals surface area contributed by atoms with Gasteiger partial charge in [0.1, 0.15) is 18.2 Å². The van der Waals surface area contributed by atoms with Crippen LogP contribution in [0.15, 0.2) is 6.33 Å². The van der Waals surface area contributed by atoms with E-state index in [1.54, 1.807) is 11.8 Å². The Kier molecular flexibility index (Phi) is 7.06. The molecule has 1 aromatic heterocycles. The van der Waals surface area contributed by atoms with Crippen molar-refractivity contribution in [1.29, 1.82) is 0 Å². The van der Waals surface area contributed by atoms with Gasteiger partial charge in [0.25, 0.3) is 0 Å². The number of carboxylic acids is 1. The Morgan fingerprint density at radius 1 is 1.60 bits per heavy atom.